The molecule has 0 aliphatic carbocycles. The third-order valence-electron chi connectivity index (χ3n) is 1.97. The molecule has 1 aromatic rings. The monoisotopic (exact) mass is 265 g/mol. The fraction of sp³-hybridized carbons (Fsp3) is 0.600. The van der Waals surface area contributed by atoms with Gasteiger partial charge in [0.2, 0.25) is 5.91 Å². The number of hydrogen-bond acceptors (Lipinski definition) is 3. The average molecular weight is 265 g/mol. The molecular weight excluding hydrogens is 251 g/mol. The molecule has 8 heteroatoms. The summed E-state index contributed by atoms with van der Waals surface area (Å²) in [6.45, 7) is 2.16. The summed E-state index contributed by atoms with van der Waals surface area (Å²) in [4.78, 5) is 16.8. The Balaban J connectivity index is 2.35. The SMILES string of the molecule is CCCOCC(=O)NCc1ncc(C(F)(F)F)[nH]1. The summed E-state index contributed by atoms with van der Waals surface area (Å²) in [6, 6.07) is 0. The molecule has 0 saturated carbocycles. The van der Waals surface area contributed by atoms with E-state index in [-0.39, 0.29) is 19.0 Å². The number of nitrogens with one attached hydrogen (secondary N) is 2. The zero-order valence-electron chi connectivity index (χ0n) is 9.80. The summed E-state index contributed by atoms with van der Waals surface area (Å²) in [5, 5.41) is 2.40. The molecule has 1 aromatic heterocycles. The van der Waals surface area contributed by atoms with Crippen molar-refractivity contribution in [2.75, 3.05) is 13.2 Å². The normalized spacial score (nSPS) is 11.6. The van der Waals surface area contributed by atoms with Crippen LogP contribution in [0.15, 0.2) is 6.20 Å². The first-order valence-electron chi connectivity index (χ1n) is 5.39. The zero-order chi connectivity index (χ0) is 13.6. The third kappa shape index (κ3) is 4.74. The molecule has 0 fully saturated rings. The average Bonchev–Trinajstić information content (AvgIpc) is 2.75. The summed E-state index contributed by atoms with van der Waals surface area (Å²) >= 11 is 0. The van der Waals surface area contributed by atoms with Crippen molar-refractivity contribution in [2.24, 2.45) is 0 Å². The van der Waals surface area contributed by atoms with Gasteiger partial charge >= 0.3 is 6.18 Å². The van der Waals surface area contributed by atoms with E-state index in [2.05, 4.69) is 15.3 Å². The summed E-state index contributed by atoms with van der Waals surface area (Å²) in [5.41, 5.74) is -0.936. The fourth-order valence-electron chi connectivity index (χ4n) is 1.14. The lowest BCUT2D eigenvalue weighted by Gasteiger charge is -2.04. The molecule has 0 atom stereocenters. The number of alkyl halides is 3. The molecule has 0 saturated heterocycles. The Labute approximate surface area is 102 Å². The van der Waals surface area contributed by atoms with E-state index < -0.39 is 17.8 Å². The van der Waals surface area contributed by atoms with E-state index in [4.69, 9.17) is 4.74 Å². The Morgan fingerprint density at radius 2 is 2.28 bits per heavy atom. The molecule has 1 amide bonds. The summed E-state index contributed by atoms with van der Waals surface area (Å²) < 4.78 is 41.7. The van der Waals surface area contributed by atoms with Crippen LogP contribution in [0.3, 0.4) is 0 Å². The molecule has 0 unspecified atom stereocenters. The van der Waals surface area contributed by atoms with Gasteiger partial charge in [-0.2, -0.15) is 13.2 Å². The summed E-state index contributed by atoms with van der Waals surface area (Å²) in [6.07, 6.45) is -2.98. The van der Waals surface area contributed by atoms with Gasteiger partial charge in [-0.25, -0.2) is 4.98 Å². The van der Waals surface area contributed by atoms with Crippen LogP contribution in [0.5, 0.6) is 0 Å². The molecule has 102 valence electrons. The van der Waals surface area contributed by atoms with Gasteiger partial charge < -0.3 is 15.0 Å². The van der Waals surface area contributed by atoms with Crippen LogP contribution in [0.25, 0.3) is 0 Å². The Bertz CT molecular complexity index is 390. The number of hydrogen-bond donors (Lipinski definition) is 2. The lowest BCUT2D eigenvalue weighted by Crippen LogP contribution is -2.27. The molecule has 1 heterocycles. The largest absolute Gasteiger partial charge is 0.432 e. The van der Waals surface area contributed by atoms with Crippen LogP contribution in [-0.4, -0.2) is 29.1 Å². The number of aromatic nitrogens is 2. The first-order chi connectivity index (χ1) is 8.43. The van der Waals surface area contributed by atoms with Gasteiger partial charge in [0.25, 0.3) is 0 Å². The van der Waals surface area contributed by atoms with Crippen molar-refractivity contribution in [1.29, 1.82) is 0 Å². The Kier molecular flexibility index (Phi) is 5.14. The second-order valence-electron chi connectivity index (χ2n) is 3.57. The molecular formula is C10H14F3N3O2. The van der Waals surface area contributed by atoms with E-state index >= 15 is 0 Å². The highest BCUT2D eigenvalue weighted by atomic mass is 19.4. The van der Waals surface area contributed by atoms with Crippen molar-refractivity contribution in [3.63, 3.8) is 0 Å². The minimum Gasteiger partial charge on any atom is -0.372 e. The summed E-state index contributed by atoms with van der Waals surface area (Å²) in [7, 11) is 0. The Morgan fingerprint density at radius 1 is 1.56 bits per heavy atom. The molecule has 0 spiro atoms. The van der Waals surface area contributed by atoms with Gasteiger partial charge in [0, 0.05) is 6.61 Å². The second-order valence-corrected chi connectivity index (χ2v) is 3.57. The van der Waals surface area contributed by atoms with Crippen LogP contribution < -0.4 is 5.32 Å². The smallest absolute Gasteiger partial charge is 0.372 e. The van der Waals surface area contributed by atoms with Gasteiger partial charge in [-0.15, -0.1) is 0 Å². The van der Waals surface area contributed by atoms with E-state index in [9.17, 15) is 18.0 Å². The van der Waals surface area contributed by atoms with E-state index in [0.29, 0.717) is 12.8 Å². The van der Waals surface area contributed by atoms with Crippen LogP contribution in [-0.2, 0) is 22.3 Å². The maximum absolute atomic E-state index is 12.2. The lowest BCUT2D eigenvalue weighted by atomic mass is 10.5. The Hall–Kier alpha value is -1.57. The molecule has 0 aliphatic rings. The van der Waals surface area contributed by atoms with E-state index in [1.165, 1.54) is 0 Å². The standard InChI is InChI=1S/C10H14F3N3O2/c1-2-3-18-6-9(17)15-5-8-14-4-7(16-8)10(11,12)13/h4H,2-3,5-6H2,1H3,(H,14,16)(H,15,17). The number of amides is 1. The molecule has 2 N–H and O–H groups in total. The van der Waals surface area contributed by atoms with Crippen molar-refractivity contribution in [1.82, 2.24) is 15.3 Å². The first kappa shape index (κ1) is 14.5. The highest BCUT2D eigenvalue weighted by Gasteiger charge is 2.32. The highest BCUT2D eigenvalue weighted by Crippen LogP contribution is 2.27. The number of aromatic amines is 1. The molecule has 0 bridgehead atoms. The van der Waals surface area contributed by atoms with Crippen LogP contribution in [0.4, 0.5) is 13.2 Å². The van der Waals surface area contributed by atoms with E-state index in [1.807, 2.05) is 6.92 Å². The predicted molar refractivity (Wildman–Crippen MR) is 56.5 cm³/mol. The van der Waals surface area contributed by atoms with Crippen molar-refractivity contribution >= 4 is 5.91 Å². The van der Waals surface area contributed by atoms with Crippen LogP contribution in [0, 0.1) is 0 Å². The van der Waals surface area contributed by atoms with E-state index in [0.717, 1.165) is 6.42 Å². The zero-order valence-corrected chi connectivity index (χ0v) is 9.80. The molecule has 18 heavy (non-hydrogen) atoms. The number of carbonyl (C=O) groups is 1. The maximum Gasteiger partial charge on any atom is 0.432 e. The number of ether oxygens (including phenoxy) is 1. The van der Waals surface area contributed by atoms with Crippen LogP contribution in [0.2, 0.25) is 0 Å². The third-order valence-corrected chi connectivity index (χ3v) is 1.97. The summed E-state index contributed by atoms with van der Waals surface area (Å²) in [5.74, 6) is -0.348. The van der Waals surface area contributed by atoms with Crippen LogP contribution in [0.1, 0.15) is 24.9 Å². The van der Waals surface area contributed by atoms with Crippen molar-refractivity contribution in [3.8, 4) is 0 Å². The van der Waals surface area contributed by atoms with Crippen molar-refractivity contribution in [3.05, 3.63) is 17.7 Å². The highest BCUT2D eigenvalue weighted by molar-refractivity contribution is 5.77. The van der Waals surface area contributed by atoms with Gasteiger partial charge in [0.15, 0.2) is 0 Å². The second kappa shape index (κ2) is 6.39. The number of carbonyl (C=O) groups excluding carboxylic acids is 1. The number of rotatable bonds is 6. The van der Waals surface area contributed by atoms with Gasteiger partial charge in [-0.3, -0.25) is 4.79 Å². The quantitative estimate of drug-likeness (QED) is 0.765. The topological polar surface area (TPSA) is 67.0 Å². The number of H-pyrrole nitrogens is 1. The molecule has 0 aliphatic heterocycles. The molecule has 1 rings (SSSR count). The first-order valence-corrected chi connectivity index (χ1v) is 5.39. The fourth-order valence-corrected chi connectivity index (χ4v) is 1.14. The number of imidazole rings is 1. The minimum atomic E-state index is -4.46. The molecule has 0 radical (unpaired) electrons. The van der Waals surface area contributed by atoms with Gasteiger partial charge in [0.1, 0.15) is 18.1 Å². The van der Waals surface area contributed by atoms with E-state index in [1.54, 1.807) is 0 Å². The van der Waals surface area contributed by atoms with Gasteiger partial charge in [-0.1, -0.05) is 6.92 Å². The van der Waals surface area contributed by atoms with Crippen molar-refractivity contribution < 1.29 is 22.7 Å². The van der Waals surface area contributed by atoms with Gasteiger partial charge in [0.05, 0.1) is 12.7 Å². The maximum atomic E-state index is 12.2. The number of halogens is 3. The predicted octanol–water partition coefficient (Wildman–Crippen LogP) is 1.47. The van der Waals surface area contributed by atoms with Gasteiger partial charge in [-0.05, 0) is 6.42 Å². The Morgan fingerprint density at radius 3 is 2.83 bits per heavy atom. The van der Waals surface area contributed by atoms with Crippen molar-refractivity contribution in [2.45, 2.75) is 26.1 Å². The number of nitrogens with zero attached hydrogens (tertiary/aromatic N) is 1. The minimum absolute atomic E-state index is 0.0474. The van der Waals surface area contributed by atoms with Crippen LogP contribution >= 0.6 is 0 Å². The molecule has 5 nitrogen and oxygen atoms in total. The lowest BCUT2D eigenvalue weighted by molar-refractivity contribution is -0.140. The molecule has 0 aromatic carbocycles.